The van der Waals surface area contributed by atoms with Crippen LogP contribution in [-0.2, 0) is 0 Å². The molecule has 24 heavy (non-hydrogen) atoms. The van der Waals surface area contributed by atoms with Gasteiger partial charge in [-0.25, -0.2) is 9.37 Å². The molecular formula is C16H13FIN5O. The summed E-state index contributed by atoms with van der Waals surface area (Å²) in [4.78, 5) is 15.6. The quantitative estimate of drug-likeness (QED) is 0.472. The van der Waals surface area contributed by atoms with Gasteiger partial charge in [0.1, 0.15) is 17.5 Å². The highest BCUT2D eigenvalue weighted by atomic mass is 127. The Morgan fingerprint density at radius 1 is 1.33 bits per heavy atom. The van der Waals surface area contributed by atoms with E-state index in [-0.39, 0.29) is 5.82 Å². The molecule has 0 aliphatic heterocycles. The van der Waals surface area contributed by atoms with Crippen molar-refractivity contribution in [3.05, 3.63) is 45.4 Å². The molecule has 4 rings (SSSR count). The van der Waals surface area contributed by atoms with Gasteiger partial charge in [-0.3, -0.25) is 4.79 Å². The number of anilines is 3. The molecule has 0 spiro atoms. The van der Waals surface area contributed by atoms with Crippen molar-refractivity contribution >= 4 is 51.8 Å². The number of nitrogens with zero attached hydrogens (tertiary/aromatic N) is 3. The van der Waals surface area contributed by atoms with E-state index in [9.17, 15) is 9.18 Å². The van der Waals surface area contributed by atoms with E-state index >= 15 is 0 Å². The first kappa shape index (κ1) is 15.3. The van der Waals surface area contributed by atoms with Crippen LogP contribution in [0, 0.1) is 9.39 Å². The summed E-state index contributed by atoms with van der Waals surface area (Å²) in [5.41, 5.74) is 1.16. The van der Waals surface area contributed by atoms with E-state index in [0.29, 0.717) is 35.0 Å². The standard InChI is InChI=1S/C16H13FIN5O/c17-12-4-1-10(18)5-13(12)21-14-6-15(20-11-2-3-11)23-16(22-14)9(8-24)7-19-23/h1,4-8,11,20H,2-3H2,(H,21,22). The molecule has 2 heterocycles. The van der Waals surface area contributed by atoms with Crippen molar-refractivity contribution in [3.8, 4) is 0 Å². The van der Waals surface area contributed by atoms with Gasteiger partial charge in [-0.1, -0.05) is 0 Å². The molecule has 2 aromatic heterocycles. The highest BCUT2D eigenvalue weighted by Crippen LogP contribution is 2.28. The van der Waals surface area contributed by atoms with Gasteiger partial charge in [0.2, 0.25) is 0 Å². The van der Waals surface area contributed by atoms with Gasteiger partial charge in [0, 0.05) is 15.7 Å². The van der Waals surface area contributed by atoms with Gasteiger partial charge in [0.25, 0.3) is 0 Å². The zero-order valence-corrected chi connectivity index (χ0v) is 14.6. The highest BCUT2D eigenvalue weighted by Gasteiger charge is 2.23. The van der Waals surface area contributed by atoms with Gasteiger partial charge in [0.15, 0.2) is 11.9 Å². The van der Waals surface area contributed by atoms with Gasteiger partial charge in [-0.05, 0) is 53.6 Å². The van der Waals surface area contributed by atoms with E-state index in [1.807, 2.05) is 0 Å². The zero-order chi connectivity index (χ0) is 16.7. The lowest BCUT2D eigenvalue weighted by Gasteiger charge is -2.12. The van der Waals surface area contributed by atoms with Crippen molar-refractivity contribution in [2.45, 2.75) is 18.9 Å². The van der Waals surface area contributed by atoms with Gasteiger partial charge in [-0.2, -0.15) is 9.61 Å². The molecule has 0 amide bonds. The maximum Gasteiger partial charge on any atom is 0.170 e. The zero-order valence-electron chi connectivity index (χ0n) is 12.5. The third-order valence-electron chi connectivity index (χ3n) is 3.75. The average molecular weight is 437 g/mol. The van der Waals surface area contributed by atoms with Crippen molar-refractivity contribution in [1.29, 1.82) is 0 Å². The molecule has 1 aliphatic rings. The molecule has 0 unspecified atom stereocenters. The second kappa shape index (κ2) is 6.00. The summed E-state index contributed by atoms with van der Waals surface area (Å²) in [5.74, 6) is 0.817. The van der Waals surface area contributed by atoms with E-state index in [2.05, 4.69) is 43.3 Å². The number of hydrogen-bond donors (Lipinski definition) is 2. The van der Waals surface area contributed by atoms with Crippen LogP contribution in [0.5, 0.6) is 0 Å². The molecule has 0 saturated heterocycles. The van der Waals surface area contributed by atoms with Crippen LogP contribution in [0.2, 0.25) is 0 Å². The Labute approximate surface area is 150 Å². The minimum absolute atomic E-state index is 0.336. The van der Waals surface area contributed by atoms with E-state index < -0.39 is 0 Å². The van der Waals surface area contributed by atoms with Crippen LogP contribution in [0.3, 0.4) is 0 Å². The lowest BCUT2D eigenvalue weighted by Crippen LogP contribution is -2.09. The largest absolute Gasteiger partial charge is 0.367 e. The maximum absolute atomic E-state index is 14.0. The minimum Gasteiger partial charge on any atom is -0.367 e. The third-order valence-corrected chi connectivity index (χ3v) is 4.42. The number of halogens is 2. The molecule has 1 aromatic carbocycles. The monoisotopic (exact) mass is 437 g/mol. The summed E-state index contributed by atoms with van der Waals surface area (Å²) in [5, 5.41) is 10.6. The van der Waals surface area contributed by atoms with E-state index in [1.165, 1.54) is 12.3 Å². The van der Waals surface area contributed by atoms with Gasteiger partial charge < -0.3 is 10.6 Å². The number of rotatable bonds is 5. The molecule has 3 aromatic rings. The summed E-state index contributed by atoms with van der Waals surface area (Å²) in [6, 6.07) is 6.97. The average Bonchev–Trinajstić information content (AvgIpc) is 3.28. The predicted molar refractivity (Wildman–Crippen MR) is 97.4 cm³/mol. The number of nitrogens with one attached hydrogen (secondary N) is 2. The van der Waals surface area contributed by atoms with E-state index in [4.69, 9.17) is 0 Å². The summed E-state index contributed by atoms with van der Waals surface area (Å²) in [7, 11) is 0. The van der Waals surface area contributed by atoms with Crippen LogP contribution >= 0.6 is 22.6 Å². The lowest BCUT2D eigenvalue weighted by atomic mass is 10.3. The Morgan fingerprint density at radius 3 is 2.92 bits per heavy atom. The number of benzene rings is 1. The molecule has 8 heteroatoms. The fourth-order valence-electron chi connectivity index (χ4n) is 2.40. The molecule has 2 N–H and O–H groups in total. The number of aldehydes is 1. The van der Waals surface area contributed by atoms with Crippen LogP contribution in [0.4, 0.5) is 21.7 Å². The van der Waals surface area contributed by atoms with Crippen LogP contribution < -0.4 is 10.6 Å². The molecule has 0 atom stereocenters. The van der Waals surface area contributed by atoms with Gasteiger partial charge in [-0.15, -0.1) is 0 Å². The fraction of sp³-hybridized carbons (Fsp3) is 0.188. The maximum atomic E-state index is 14.0. The normalized spacial score (nSPS) is 13.9. The summed E-state index contributed by atoms with van der Waals surface area (Å²) >= 11 is 2.12. The Kier molecular flexibility index (Phi) is 3.83. The first-order chi connectivity index (χ1) is 11.6. The van der Waals surface area contributed by atoms with Crippen molar-refractivity contribution in [3.63, 3.8) is 0 Å². The van der Waals surface area contributed by atoms with Crippen LogP contribution in [0.1, 0.15) is 23.2 Å². The van der Waals surface area contributed by atoms with E-state index in [0.717, 1.165) is 22.2 Å². The molecule has 1 saturated carbocycles. The number of carbonyl (C=O) groups is 1. The number of carbonyl (C=O) groups excluding carboxylic acids is 1. The first-order valence-electron chi connectivity index (χ1n) is 7.46. The minimum atomic E-state index is -0.363. The fourth-order valence-corrected chi connectivity index (χ4v) is 2.89. The van der Waals surface area contributed by atoms with Crippen LogP contribution in [-0.4, -0.2) is 26.9 Å². The molecule has 122 valence electrons. The van der Waals surface area contributed by atoms with Gasteiger partial charge in [0.05, 0.1) is 17.4 Å². The first-order valence-corrected chi connectivity index (χ1v) is 8.54. The summed E-state index contributed by atoms with van der Waals surface area (Å²) in [6.07, 6.45) is 4.38. The SMILES string of the molecule is O=Cc1cnn2c(NC3CC3)cc(Nc3cc(I)ccc3F)nc12. The van der Waals surface area contributed by atoms with Crippen molar-refractivity contribution in [1.82, 2.24) is 14.6 Å². The number of fused-ring (bicyclic) bond motifs is 1. The van der Waals surface area contributed by atoms with Gasteiger partial charge >= 0.3 is 0 Å². The smallest absolute Gasteiger partial charge is 0.170 e. The van der Waals surface area contributed by atoms with Crippen molar-refractivity contribution in [2.75, 3.05) is 10.6 Å². The van der Waals surface area contributed by atoms with E-state index in [1.54, 1.807) is 22.7 Å². The number of hydrogen-bond acceptors (Lipinski definition) is 5. The highest BCUT2D eigenvalue weighted by molar-refractivity contribution is 14.1. The summed E-state index contributed by atoms with van der Waals surface area (Å²) < 4.78 is 16.5. The predicted octanol–water partition coefficient (Wildman–Crippen LogP) is 3.60. The lowest BCUT2D eigenvalue weighted by molar-refractivity contribution is 0.112. The third kappa shape index (κ3) is 2.93. The molecule has 1 fully saturated rings. The summed E-state index contributed by atoms with van der Waals surface area (Å²) in [6.45, 7) is 0. The van der Waals surface area contributed by atoms with Crippen LogP contribution in [0.15, 0.2) is 30.5 Å². The second-order valence-electron chi connectivity index (χ2n) is 5.65. The Bertz CT molecular complexity index is 938. The number of aromatic nitrogens is 3. The second-order valence-corrected chi connectivity index (χ2v) is 6.89. The van der Waals surface area contributed by atoms with Crippen molar-refractivity contribution in [2.24, 2.45) is 0 Å². The van der Waals surface area contributed by atoms with Crippen molar-refractivity contribution < 1.29 is 9.18 Å². The van der Waals surface area contributed by atoms with Crippen LogP contribution in [0.25, 0.3) is 5.65 Å². The molecular weight excluding hydrogens is 424 g/mol. The molecule has 1 aliphatic carbocycles. The Morgan fingerprint density at radius 2 is 2.17 bits per heavy atom. The topological polar surface area (TPSA) is 71.3 Å². The molecule has 6 nitrogen and oxygen atoms in total. The Hall–Kier alpha value is -2.23. The molecule has 0 bridgehead atoms. The molecule has 0 radical (unpaired) electrons. The Balaban J connectivity index is 1.79.